The minimum atomic E-state index is 0.125. The monoisotopic (exact) mass is 242 g/mol. The molecular formula is C16H18O2. The van der Waals surface area contributed by atoms with Gasteiger partial charge in [-0.1, -0.05) is 47.5 Å². The van der Waals surface area contributed by atoms with Crippen molar-refractivity contribution in [2.45, 2.75) is 20.8 Å². The number of rotatable bonds is 1. The van der Waals surface area contributed by atoms with Crippen LogP contribution in [-0.2, 0) is 0 Å². The van der Waals surface area contributed by atoms with Crippen LogP contribution in [0.15, 0.2) is 48.5 Å². The third-order valence-corrected chi connectivity index (χ3v) is 2.49. The number of ketones is 1. The molecule has 2 aromatic carbocycles. The van der Waals surface area contributed by atoms with Gasteiger partial charge in [-0.3, -0.25) is 4.79 Å². The highest BCUT2D eigenvalue weighted by molar-refractivity contribution is 5.93. The quantitative estimate of drug-likeness (QED) is 0.770. The fraction of sp³-hybridized carbons (Fsp3) is 0.188. The van der Waals surface area contributed by atoms with E-state index in [1.54, 1.807) is 19.1 Å². The molecule has 18 heavy (non-hydrogen) atoms. The van der Waals surface area contributed by atoms with Crippen LogP contribution in [0.3, 0.4) is 0 Å². The molecule has 2 nitrogen and oxygen atoms in total. The maximum atomic E-state index is 10.8. The third-order valence-electron chi connectivity index (χ3n) is 2.49. The fourth-order valence-electron chi connectivity index (χ4n) is 1.33. The third kappa shape index (κ3) is 4.83. The summed E-state index contributed by atoms with van der Waals surface area (Å²) >= 11 is 0. The Morgan fingerprint density at radius 3 is 1.56 bits per heavy atom. The van der Waals surface area contributed by atoms with Crippen LogP contribution in [0.1, 0.15) is 28.4 Å². The van der Waals surface area contributed by atoms with E-state index in [4.69, 9.17) is 5.11 Å². The molecule has 0 radical (unpaired) electrons. The van der Waals surface area contributed by atoms with Crippen molar-refractivity contribution in [2.75, 3.05) is 0 Å². The fourth-order valence-corrected chi connectivity index (χ4v) is 1.33. The van der Waals surface area contributed by atoms with Gasteiger partial charge in [0, 0.05) is 5.56 Å². The molecule has 0 aromatic heterocycles. The van der Waals surface area contributed by atoms with Gasteiger partial charge in [0.15, 0.2) is 5.78 Å². The first-order chi connectivity index (χ1) is 8.49. The van der Waals surface area contributed by atoms with Gasteiger partial charge in [-0.25, -0.2) is 0 Å². The molecule has 0 fully saturated rings. The van der Waals surface area contributed by atoms with Crippen molar-refractivity contribution in [1.82, 2.24) is 0 Å². The average molecular weight is 242 g/mol. The summed E-state index contributed by atoms with van der Waals surface area (Å²) in [5, 5.41) is 8.76. The molecule has 0 saturated heterocycles. The van der Waals surface area contributed by atoms with Crippen molar-refractivity contribution in [3.63, 3.8) is 0 Å². The predicted molar refractivity (Wildman–Crippen MR) is 74.0 cm³/mol. The van der Waals surface area contributed by atoms with Crippen LogP contribution in [0.5, 0.6) is 5.75 Å². The van der Waals surface area contributed by atoms with E-state index in [0.717, 1.165) is 5.56 Å². The number of phenolic OH excluding ortho intramolecular Hbond substituents is 1. The minimum absolute atomic E-state index is 0.125. The van der Waals surface area contributed by atoms with Gasteiger partial charge in [0.05, 0.1) is 0 Å². The maximum Gasteiger partial charge on any atom is 0.159 e. The second-order valence-electron chi connectivity index (χ2n) is 4.26. The zero-order valence-corrected chi connectivity index (χ0v) is 11.0. The van der Waals surface area contributed by atoms with Crippen molar-refractivity contribution in [2.24, 2.45) is 0 Å². The number of hydrogen-bond donors (Lipinski definition) is 1. The van der Waals surface area contributed by atoms with Crippen LogP contribution >= 0.6 is 0 Å². The molecule has 0 aliphatic heterocycles. The minimum Gasteiger partial charge on any atom is -0.508 e. The Bertz CT molecular complexity index is 475. The SMILES string of the molecule is CC(=O)c1ccc(C)cc1.Cc1ccc(O)cc1. The highest BCUT2D eigenvalue weighted by atomic mass is 16.3. The highest BCUT2D eigenvalue weighted by Crippen LogP contribution is 2.07. The molecular weight excluding hydrogens is 224 g/mol. The molecule has 2 rings (SSSR count). The number of hydrogen-bond acceptors (Lipinski definition) is 2. The molecule has 1 N–H and O–H groups in total. The van der Waals surface area contributed by atoms with Crippen LogP contribution in [0.2, 0.25) is 0 Å². The lowest BCUT2D eigenvalue weighted by atomic mass is 10.1. The normalized spacial score (nSPS) is 9.28. The van der Waals surface area contributed by atoms with Crippen molar-refractivity contribution in [1.29, 1.82) is 0 Å². The summed E-state index contributed by atoms with van der Waals surface area (Å²) < 4.78 is 0. The zero-order chi connectivity index (χ0) is 13.5. The van der Waals surface area contributed by atoms with E-state index >= 15 is 0 Å². The number of carbonyl (C=O) groups is 1. The predicted octanol–water partition coefficient (Wildman–Crippen LogP) is 3.90. The average Bonchev–Trinajstić information content (AvgIpc) is 2.34. The first kappa shape index (κ1) is 14.0. The van der Waals surface area contributed by atoms with Crippen molar-refractivity contribution in [3.05, 3.63) is 65.2 Å². The molecule has 0 spiro atoms. The topological polar surface area (TPSA) is 37.3 Å². The van der Waals surface area contributed by atoms with E-state index in [2.05, 4.69) is 0 Å². The summed E-state index contributed by atoms with van der Waals surface area (Å²) in [6.07, 6.45) is 0. The summed E-state index contributed by atoms with van der Waals surface area (Å²) in [6.45, 7) is 5.56. The van der Waals surface area contributed by atoms with Gasteiger partial charge in [-0.05, 0) is 32.9 Å². The Kier molecular flexibility index (Phi) is 5.12. The summed E-state index contributed by atoms with van der Waals surface area (Å²) in [4.78, 5) is 10.8. The molecule has 94 valence electrons. The number of phenols is 1. The molecule has 0 unspecified atom stereocenters. The maximum absolute atomic E-state index is 10.8. The van der Waals surface area contributed by atoms with E-state index < -0.39 is 0 Å². The lowest BCUT2D eigenvalue weighted by Gasteiger charge is -1.93. The number of aromatic hydroxyl groups is 1. The van der Waals surface area contributed by atoms with Gasteiger partial charge >= 0.3 is 0 Å². The summed E-state index contributed by atoms with van der Waals surface area (Å²) in [5.41, 5.74) is 3.14. The van der Waals surface area contributed by atoms with Crippen molar-refractivity contribution >= 4 is 5.78 Å². The van der Waals surface area contributed by atoms with E-state index in [1.165, 1.54) is 11.1 Å². The van der Waals surface area contributed by atoms with Gasteiger partial charge in [-0.2, -0.15) is 0 Å². The van der Waals surface area contributed by atoms with Crippen molar-refractivity contribution < 1.29 is 9.90 Å². The van der Waals surface area contributed by atoms with E-state index in [9.17, 15) is 4.79 Å². The molecule has 0 atom stereocenters. The summed E-state index contributed by atoms with van der Waals surface area (Å²) in [7, 11) is 0. The zero-order valence-electron chi connectivity index (χ0n) is 11.0. The van der Waals surface area contributed by atoms with E-state index in [0.29, 0.717) is 5.75 Å². The molecule has 0 amide bonds. The molecule has 2 heteroatoms. The van der Waals surface area contributed by atoms with Gasteiger partial charge in [0.25, 0.3) is 0 Å². The summed E-state index contributed by atoms with van der Waals surface area (Å²) in [6, 6.07) is 14.7. The van der Waals surface area contributed by atoms with Crippen LogP contribution in [0.25, 0.3) is 0 Å². The molecule has 0 saturated carbocycles. The Morgan fingerprint density at radius 1 is 0.833 bits per heavy atom. The standard InChI is InChI=1S/C9H10O.C7H8O/c1-7-3-5-9(6-4-7)8(2)10;1-6-2-4-7(8)5-3-6/h3-6H,1-2H3;2-5,8H,1H3. The Balaban J connectivity index is 0.000000184. The van der Waals surface area contributed by atoms with E-state index in [1.807, 2.05) is 50.2 Å². The number of Topliss-reactive ketones (excluding diaryl/α,β-unsaturated/α-hetero) is 1. The molecule has 0 bridgehead atoms. The van der Waals surface area contributed by atoms with Crippen molar-refractivity contribution in [3.8, 4) is 5.75 Å². The molecule has 0 aliphatic carbocycles. The largest absolute Gasteiger partial charge is 0.508 e. The second-order valence-corrected chi connectivity index (χ2v) is 4.26. The molecule has 0 heterocycles. The van der Waals surface area contributed by atoms with Crippen LogP contribution in [-0.4, -0.2) is 10.9 Å². The lowest BCUT2D eigenvalue weighted by Crippen LogP contribution is -1.90. The van der Waals surface area contributed by atoms with Gasteiger partial charge < -0.3 is 5.11 Å². The number of benzene rings is 2. The van der Waals surface area contributed by atoms with E-state index in [-0.39, 0.29) is 5.78 Å². The van der Waals surface area contributed by atoms with Gasteiger partial charge in [0.2, 0.25) is 0 Å². The van der Waals surface area contributed by atoms with Gasteiger partial charge in [0.1, 0.15) is 5.75 Å². The smallest absolute Gasteiger partial charge is 0.159 e. The first-order valence-corrected chi connectivity index (χ1v) is 5.82. The Morgan fingerprint density at radius 2 is 1.22 bits per heavy atom. The number of carbonyl (C=O) groups excluding carboxylic acids is 1. The molecule has 2 aromatic rings. The Hall–Kier alpha value is -2.09. The summed E-state index contributed by atoms with van der Waals surface area (Å²) in [5.74, 6) is 0.454. The Labute approximate surface area is 108 Å². The van der Waals surface area contributed by atoms with Crippen LogP contribution < -0.4 is 0 Å². The second kappa shape index (κ2) is 6.60. The lowest BCUT2D eigenvalue weighted by molar-refractivity contribution is 0.101. The molecule has 0 aliphatic rings. The van der Waals surface area contributed by atoms with Crippen LogP contribution in [0.4, 0.5) is 0 Å². The van der Waals surface area contributed by atoms with Gasteiger partial charge in [-0.15, -0.1) is 0 Å². The van der Waals surface area contributed by atoms with Crippen LogP contribution in [0, 0.1) is 13.8 Å². The first-order valence-electron chi connectivity index (χ1n) is 5.82. The number of aryl methyl sites for hydroxylation is 2. The highest BCUT2D eigenvalue weighted by Gasteiger charge is 1.95.